The molecule has 1 aliphatic rings. The third kappa shape index (κ3) is 7.12. The zero-order valence-electron chi connectivity index (χ0n) is 18.1. The molecule has 2 heterocycles. The van der Waals surface area contributed by atoms with Gasteiger partial charge in [-0.05, 0) is 50.8 Å². The number of aliphatic hydroxyl groups excluding tert-OH is 1. The largest absolute Gasteiger partial charge is 0.386 e. The van der Waals surface area contributed by atoms with Gasteiger partial charge in [-0.1, -0.05) is 35.9 Å². The number of piperidine rings is 1. The molecule has 1 unspecified atom stereocenters. The number of halogens is 1. The maximum Gasteiger partial charge on any atom is 0.191 e. The van der Waals surface area contributed by atoms with Crippen molar-refractivity contribution in [2.45, 2.75) is 45.8 Å². The number of hydrogen-bond donors (Lipinski definition) is 3. The summed E-state index contributed by atoms with van der Waals surface area (Å²) in [6.45, 7) is 9.23. The normalized spacial score (nSPS) is 16.0. The van der Waals surface area contributed by atoms with Crippen molar-refractivity contribution in [1.82, 2.24) is 15.6 Å². The highest BCUT2D eigenvalue weighted by molar-refractivity contribution is 14.0. The van der Waals surface area contributed by atoms with Crippen LogP contribution in [-0.4, -0.2) is 48.3 Å². The van der Waals surface area contributed by atoms with Crippen molar-refractivity contribution in [1.29, 1.82) is 0 Å². The number of aryl methyl sites for hydroxylation is 2. The molecule has 1 fully saturated rings. The Kier molecular flexibility index (Phi) is 9.84. The minimum atomic E-state index is -0.597. The van der Waals surface area contributed by atoms with Gasteiger partial charge < -0.3 is 20.6 Å². The van der Waals surface area contributed by atoms with E-state index in [1.165, 1.54) is 11.1 Å². The molecule has 30 heavy (non-hydrogen) atoms. The molecule has 0 spiro atoms. The van der Waals surface area contributed by atoms with Crippen molar-refractivity contribution in [3.05, 3.63) is 59.3 Å². The first-order chi connectivity index (χ1) is 14.0. The van der Waals surface area contributed by atoms with Gasteiger partial charge in [0.05, 0.1) is 12.6 Å². The van der Waals surface area contributed by atoms with E-state index in [1.807, 2.05) is 37.4 Å². The summed E-state index contributed by atoms with van der Waals surface area (Å²) >= 11 is 0. The summed E-state index contributed by atoms with van der Waals surface area (Å²) in [5, 5.41) is 17.3. The number of benzene rings is 1. The van der Waals surface area contributed by atoms with Gasteiger partial charge in [0.1, 0.15) is 5.82 Å². The van der Waals surface area contributed by atoms with E-state index in [4.69, 9.17) is 0 Å². The Balaban J connectivity index is 0.00000320. The van der Waals surface area contributed by atoms with Crippen LogP contribution in [0.4, 0.5) is 5.82 Å². The maximum atomic E-state index is 10.4. The van der Waals surface area contributed by atoms with Crippen LogP contribution in [0.5, 0.6) is 0 Å². The summed E-state index contributed by atoms with van der Waals surface area (Å²) in [6.07, 6.45) is 3.39. The predicted octanol–water partition coefficient (Wildman–Crippen LogP) is 3.57. The van der Waals surface area contributed by atoms with Crippen LogP contribution < -0.4 is 15.5 Å². The Bertz CT molecular complexity index is 786. The third-order valence-corrected chi connectivity index (χ3v) is 5.28. The van der Waals surface area contributed by atoms with E-state index in [9.17, 15) is 5.11 Å². The number of aliphatic hydroxyl groups is 1. The highest BCUT2D eigenvalue weighted by Crippen LogP contribution is 2.18. The van der Waals surface area contributed by atoms with Crippen molar-refractivity contribution in [3.63, 3.8) is 0 Å². The van der Waals surface area contributed by atoms with Gasteiger partial charge in [0.2, 0.25) is 0 Å². The highest BCUT2D eigenvalue weighted by Gasteiger charge is 2.21. The van der Waals surface area contributed by atoms with Crippen LogP contribution >= 0.6 is 24.0 Å². The zero-order valence-corrected chi connectivity index (χ0v) is 20.5. The van der Waals surface area contributed by atoms with Crippen molar-refractivity contribution in [2.24, 2.45) is 4.99 Å². The average molecular weight is 523 g/mol. The molecule has 1 saturated heterocycles. The lowest BCUT2D eigenvalue weighted by molar-refractivity contribution is 0.187. The first kappa shape index (κ1) is 24.4. The van der Waals surface area contributed by atoms with Gasteiger partial charge in [0.25, 0.3) is 0 Å². The van der Waals surface area contributed by atoms with E-state index >= 15 is 0 Å². The van der Waals surface area contributed by atoms with E-state index in [0.29, 0.717) is 12.6 Å². The number of rotatable bonds is 6. The summed E-state index contributed by atoms with van der Waals surface area (Å²) in [6, 6.07) is 12.5. The molecule has 7 heteroatoms. The van der Waals surface area contributed by atoms with Gasteiger partial charge in [-0.2, -0.15) is 0 Å². The number of nitrogens with one attached hydrogen (secondary N) is 2. The first-order valence-corrected chi connectivity index (χ1v) is 10.5. The summed E-state index contributed by atoms with van der Waals surface area (Å²) in [5.41, 5.74) is 3.27. The molecule has 1 aromatic heterocycles. The lowest BCUT2D eigenvalue weighted by Crippen LogP contribution is -2.49. The molecule has 3 N–H and O–H groups in total. The van der Waals surface area contributed by atoms with E-state index < -0.39 is 6.10 Å². The molecule has 1 aliphatic heterocycles. The van der Waals surface area contributed by atoms with E-state index in [2.05, 4.69) is 51.5 Å². The minimum absolute atomic E-state index is 0. The molecule has 164 valence electrons. The fourth-order valence-corrected chi connectivity index (χ4v) is 3.49. The van der Waals surface area contributed by atoms with Gasteiger partial charge >= 0.3 is 0 Å². The smallest absolute Gasteiger partial charge is 0.191 e. The summed E-state index contributed by atoms with van der Waals surface area (Å²) < 4.78 is 0. The number of nitrogens with zero attached hydrogens (tertiary/aromatic N) is 3. The summed E-state index contributed by atoms with van der Waals surface area (Å²) in [4.78, 5) is 11.5. The Hall–Kier alpha value is -1.87. The number of guanidine groups is 1. The quantitative estimate of drug-likeness (QED) is 0.307. The predicted molar refractivity (Wildman–Crippen MR) is 135 cm³/mol. The second kappa shape index (κ2) is 12.1. The van der Waals surface area contributed by atoms with Gasteiger partial charge in [-0.15, -0.1) is 24.0 Å². The molecule has 0 saturated carbocycles. The lowest BCUT2D eigenvalue weighted by Gasteiger charge is -2.34. The van der Waals surface area contributed by atoms with Gasteiger partial charge in [-0.3, -0.25) is 4.99 Å². The number of anilines is 1. The molecule has 0 aliphatic carbocycles. The number of aromatic nitrogens is 1. The molecule has 2 aromatic rings. The molecule has 1 atom stereocenters. The second-order valence-electron chi connectivity index (χ2n) is 7.75. The maximum absolute atomic E-state index is 10.4. The topological polar surface area (TPSA) is 72.8 Å². The van der Waals surface area contributed by atoms with Crippen LogP contribution in [0.15, 0.2) is 47.6 Å². The van der Waals surface area contributed by atoms with Crippen LogP contribution in [0.1, 0.15) is 42.6 Å². The van der Waals surface area contributed by atoms with Crippen LogP contribution in [0.25, 0.3) is 0 Å². The van der Waals surface area contributed by atoms with Crippen molar-refractivity contribution < 1.29 is 5.11 Å². The van der Waals surface area contributed by atoms with Crippen molar-refractivity contribution in [2.75, 3.05) is 31.1 Å². The van der Waals surface area contributed by atoms with Crippen molar-refractivity contribution >= 4 is 35.8 Å². The second-order valence-corrected chi connectivity index (χ2v) is 7.75. The number of aliphatic imine (C=N–C) groups is 1. The van der Waals surface area contributed by atoms with Gasteiger partial charge in [0, 0.05) is 31.9 Å². The number of pyridine rings is 1. The molecule has 0 radical (unpaired) electrons. The van der Waals surface area contributed by atoms with Gasteiger partial charge in [0.15, 0.2) is 5.96 Å². The first-order valence-electron chi connectivity index (χ1n) is 10.5. The fourth-order valence-electron chi connectivity index (χ4n) is 3.49. The zero-order chi connectivity index (χ0) is 20.6. The monoisotopic (exact) mass is 523 g/mol. The van der Waals surface area contributed by atoms with Crippen LogP contribution in [0.2, 0.25) is 0 Å². The third-order valence-electron chi connectivity index (χ3n) is 5.28. The lowest BCUT2D eigenvalue weighted by atomic mass is 10.1. The molecule has 1 aromatic carbocycles. The number of hydrogen-bond acceptors (Lipinski definition) is 4. The molecule has 0 bridgehead atoms. The Labute approximate surface area is 197 Å². The molecule has 3 rings (SSSR count). The highest BCUT2D eigenvalue weighted by atomic mass is 127. The van der Waals surface area contributed by atoms with Crippen LogP contribution in [-0.2, 0) is 0 Å². The van der Waals surface area contributed by atoms with Crippen LogP contribution in [0, 0.1) is 13.8 Å². The van der Waals surface area contributed by atoms with E-state index in [1.54, 1.807) is 0 Å². The fraction of sp³-hybridized carbons (Fsp3) is 0.478. The Morgan fingerprint density at radius 1 is 1.13 bits per heavy atom. The Morgan fingerprint density at radius 2 is 1.80 bits per heavy atom. The standard InChI is InChI=1S/C23H33N5O.HI/c1-4-24-23(26-16-21(29)19-8-5-17(2)6-9-19)27-20-11-13-28(14-12-20)22-10-7-18(3)15-25-22;/h5-10,15,20-21,29H,4,11-14,16H2,1-3H3,(H2,24,26,27);1H. The SMILES string of the molecule is CCNC(=NCC(O)c1ccc(C)cc1)NC1CCN(c2ccc(C)cn2)CC1.I. The molecule has 6 nitrogen and oxygen atoms in total. The summed E-state index contributed by atoms with van der Waals surface area (Å²) in [7, 11) is 0. The van der Waals surface area contributed by atoms with Gasteiger partial charge in [-0.25, -0.2) is 4.98 Å². The van der Waals surface area contributed by atoms with Crippen molar-refractivity contribution in [3.8, 4) is 0 Å². The molecular formula is C23H34IN5O. The molecule has 0 amide bonds. The Morgan fingerprint density at radius 3 is 2.40 bits per heavy atom. The summed E-state index contributed by atoms with van der Waals surface area (Å²) in [5.74, 6) is 1.82. The van der Waals surface area contributed by atoms with Crippen LogP contribution in [0.3, 0.4) is 0 Å². The van der Waals surface area contributed by atoms with E-state index in [-0.39, 0.29) is 24.0 Å². The minimum Gasteiger partial charge on any atom is -0.386 e. The van der Waals surface area contributed by atoms with E-state index in [0.717, 1.165) is 49.8 Å². The average Bonchev–Trinajstić information content (AvgIpc) is 2.74. The molecular weight excluding hydrogens is 489 g/mol.